The largest absolute Gasteiger partial charge is 0.369 e. The Morgan fingerprint density at radius 2 is 1.32 bits per heavy atom. The van der Waals surface area contributed by atoms with Crippen molar-refractivity contribution in [1.82, 2.24) is 4.90 Å². The van der Waals surface area contributed by atoms with Crippen LogP contribution in [0.5, 0.6) is 0 Å². The number of benzene rings is 2. The molecule has 1 heterocycles. The van der Waals surface area contributed by atoms with Crippen LogP contribution in [0.1, 0.15) is 20.7 Å². The highest BCUT2D eigenvalue weighted by Crippen LogP contribution is 2.26. The van der Waals surface area contributed by atoms with Gasteiger partial charge in [0.25, 0.3) is 0 Å². The first-order chi connectivity index (χ1) is 12.2. The molecule has 0 atom stereocenters. The lowest BCUT2D eigenvalue weighted by atomic mass is 10.1. The van der Waals surface area contributed by atoms with E-state index in [1.54, 1.807) is 24.3 Å². The highest BCUT2D eigenvalue weighted by Gasteiger charge is 2.32. The Morgan fingerprint density at radius 3 is 1.92 bits per heavy atom. The van der Waals surface area contributed by atoms with Gasteiger partial charge in [-0.2, -0.15) is 0 Å². The standard InChI is InChI=1S/C21H20N2O2/c24-20-17-8-4-5-9-18(17)21(25)19(20)10-11-22-12-14-23(15-13-22)16-6-2-1-3-7-16/h1-10H,11-15H2. The molecule has 0 unspecified atom stereocenters. The van der Waals surface area contributed by atoms with E-state index in [0.717, 1.165) is 26.2 Å². The van der Waals surface area contributed by atoms with Crippen molar-refractivity contribution in [2.24, 2.45) is 0 Å². The van der Waals surface area contributed by atoms with Gasteiger partial charge < -0.3 is 4.90 Å². The van der Waals surface area contributed by atoms with E-state index in [2.05, 4.69) is 34.1 Å². The summed E-state index contributed by atoms with van der Waals surface area (Å²) in [5.74, 6) is -0.271. The number of allylic oxidation sites excluding steroid dienone is 1. The van der Waals surface area contributed by atoms with Crippen molar-refractivity contribution in [2.75, 3.05) is 37.6 Å². The predicted molar refractivity (Wildman–Crippen MR) is 98.3 cm³/mol. The zero-order valence-corrected chi connectivity index (χ0v) is 14.0. The van der Waals surface area contributed by atoms with E-state index >= 15 is 0 Å². The summed E-state index contributed by atoms with van der Waals surface area (Å²) in [5.41, 5.74) is 2.64. The highest BCUT2D eigenvalue weighted by atomic mass is 16.2. The second-order valence-corrected chi connectivity index (χ2v) is 6.44. The number of ketones is 2. The number of carbonyl (C=O) groups is 2. The van der Waals surface area contributed by atoms with E-state index in [0.29, 0.717) is 23.2 Å². The molecule has 4 nitrogen and oxygen atoms in total. The molecule has 0 amide bonds. The van der Waals surface area contributed by atoms with Gasteiger partial charge in [-0.25, -0.2) is 0 Å². The number of piperazine rings is 1. The van der Waals surface area contributed by atoms with E-state index in [1.807, 2.05) is 12.1 Å². The van der Waals surface area contributed by atoms with Crippen LogP contribution in [-0.2, 0) is 0 Å². The number of para-hydroxylation sites is 1. The molecular formula is C21H20N2O2. The monoisotopic (exact) mass is 332 g/mol. The summed E-state index contributed by atoms with van der Waals surface area (Å²) in [6, 6.07) is 17.5. The number of rotatable bonds is 3. The molecule has 1 saturated heterocycles. The molecule has 0 aromatic heterocycles. The van der Waals surface area contributed by atoms with Gasteiger partial charge in [0, 0.05) is 49.5 Å². The first-order valence-corrected chi connectivity index (χ1v) is 8.65. The zero-order chi connectivity index (χ0) is 17.2. The minimum absolute atomic E-state index is 0.136. The van der Waals surface area contributed by atoms with Gasteiger partial charge in [-0.15, -0.1) is 0 Å². The lowest BCUT2D eigenvalue weighted by Crippen LogP contribution is -2.46. The molecule has 4 heteroatoms. The van der Waals surface area contributed by atoms with Gasteiger partial charge >= 0.3 is 0 Å². The van der Waals surface area contributed by atoms with Gasteiger partial charge in [-0.05, 0) is 12.1 Å². The molecule has 0 bridgehead atoms. The lowest BCUT2D eigenvalue weighted by molar-refractivity contribution is 0.0987. The zero-order valence-electron chi connectivity index (χ0n) is 14.0. The summed E-state index contributed by atoms with van der Waals surface area (Å²) in [6.07, 6.45) is 1.81. The van der Waals surface area contributed by atoms with Crippen LogP contribution in [-0.4, -0.2) is 49.2 Å². The molecule has 2 aromatic carbocycles. The number of Topliss-reactive ketones (excluding diaryl/α,β-unsaturated/α-hetero) is 2. The number of nitrogens with zero attached hydrogens (tertiary/aromatic N) is 2. The van der Waals surface area contributed by atoms with Crippen LogP contribution in [0, 0.1) is 0 Å². The average Bonchev–Trinajstić information content (AvgIpc) is 2.92. The van der Waals surface area contributed by atoms with Gasteiger partial charge in [0.15, 0.2) is 11.6 Å². The van der Waals surface area contributed by atoms with Gasteiger partial charge in [0.05, 0.1) is 5.57 Å². The van der Waals surface area contributed by atoms with Crippen LogP contribution in [0.15, 0.2) is 66.2 Å². The maximum Gasteiger partial charge on any atom is 0.197 e. The van der Waals surface area contributed by atoms with Crippen LogP contribution in [0.3, 0.4) is 0 Å². The molecule has 25 heavy (non-hydrogen) atoms. The maximum atomic E-state index is 12.4. The van der Waals surface area contributed by atoms with Crippen molar-refractivity contribution in [3.63, 3.8) is 0 Å². The summed E-state index contributed by atoms with van der Waals surface area (Å²) >= 11 is 0. The Hall–Kier alpha value is -2.72. The topological polar surface area (TPSA) is 40.6 Å². The molecular weight excluding hydrogens is 312 g/mol. The second kappa shape index (κ2) is 6.65. The minimum atomic E-state index is -0.136. The number of hydrogen-bond donors (Lipinski definition) is 0. The van der Waals surface area contributed by atoms with Gasteiger partial charge in [0.1, 0.15) is 0 Å². The Bertz CT molecular complexity index is 797. The maximum absolute atomic E-state index is 12.4. The van der Waals surface area contributed by atoms with Crippen molar-refractivity contribution >= 4 is 17.3 Å². The molecule has 126 valence electrons. The number of hydrogen-bond acceptors (Lipinski definition) is 4. The van der Waals surface area contributed by atoms with Crippen molar-refractivity contribution in [3.8, 4) is 0 Å². The molecule has 2 aromatic rings. The molecule has 2 aliphatic rings. The first-order valence-electron chi connectivity index (χ1n) is 8.65. The molecule has 0 radical (unpaired) electrons. The Labute approximate surface area is 147 Å². The third-order valence-corrected chi connectivity index (χ3v) is 4.95. The van der Waals surface area contributed by atoms with Crippen LogP contribution in [0.4, 0.5) is 5.69 Å². The average molecular weight is 332 g/mol. The fourth-order valence-electron chi connectivity index (χ4n) is 3.51. The molecule has 0 saturated carbocycles. The fourth-order valence-corrected chi connectivity index (χ4v) is 3.51. The van der Waals surface area contributed by atoms with E-state index in [9.17, 15) is 9.59 Å². The molecule has 0 spiro atoms. The smallest absolute Gasteiger partial charge is 0.197 e. The summed E-state index contributed by atoms with van der Waals surface area (Å²) < 4.78 is 0. The molecule has 1 aliphatic heterocycles. The SMILES string of the molecule is O=C1C(=CCN2CCN(c3ccccc3)CC2)C(=O)c2ccccc21. The Balaban J connectivity index is 1.39. The summed E-state index contributed by atoms with van der Waals surface area (Å²) in [7, 11) is 0. The fraction of sp³-hybridized carbons (Fsp3) is 0.238. The van der Waals surface area contributed by atoms with Crippen LogP contribution < -0.4 is 4.90 Å². The summed E-state index contributed by atoms with van der Waals surface area (Å²) in [4.78, 5) is 29.5. The third-order valence-electron chi connectivity index (χ3n) is 4.95. The summed E-state index contributed by atoms with van der Waals surface area (Å²) in [6.45, 7) is 4.40. The molecule has 0 N–H and O–H groups in total. The van der Waals surface area contributed by atoms with Gasteiger partial charge in [0.2, 0.25) is 0 Å². The van der Waals surface area contributed by atoms with Crippen molar-refractivity contribution < 1.29 is 9.59 Å². The Kier molecular flexibility index (Phi) is 4.20. The highest BCUT2D eigenvalue weighted by molar-refractivity contribution is 6.39. The number of fused-ring (bicyclic) bond motifs is 1. The van der Waals surface area contributed by atoms with Crippen LogP contribution in [0.25, 0.3) is 0 Å². The Morgan fingerprint density at radius 1 is 0.760 bits per heavy atom. The van der Waals surface area contributed by atoms with Crippen molar-refractivity contribution in [3.05, 3.63) is 77.4 Å². The minimum Gasteiger partial charge on any atom is -0.369 e. The van der Waals surface area contributed by atoms with E-state index in [-0.39, 0.29) is 11.6 Å². The lowest BCUT2D eigenvalue weighted by Gasteiger charge is -2.35. The third kappa shape index (κ3) is 3.01. The molecule has 4 rings (SSSR count). The number of carbonyl (C=O) groups excluding carboxylic acids is 2. The quantitative estimate of drug-likeness (QED) is 0.640. The van der Waals surface area contributed by atoms with Crippen molar-refractivity contribution in [2.45, 2.75) is 0 Å². The van der Waals surface area contributed by atoms with E-state index < -0.39 is 0 Å². The first kappa shape index (κ1) is 15.8. The molecule has 1 fully saturated rings. The normalized spacial score (nSPS) is 17.8. The van der Waals surface area contributed by atoms with E-state index in [4.69, 9.17) is 0 Å². The van der Waals surface area contributed by atoms with Crippen LogP contribution >= 0.6 is 0 Å². The van der Waals surface area contributed by atoms with Gasteiger partial charge in [-0.1, -0.05) is 48.5 Å². The van der Waals surface area contributed by atoms with Crippen LogP contribution in [0.2, 0.25) is 0 Å². The predicted octanol–water partition coefficient (Wildman–Crippen LogP) is 2.81. The van der Waals surface area contributed by atoms with Gasteiger partial charge in [-0.3, -0.25) is 14.5 Å². The molecule has 1 aliphatic carbocycles. The van der Waals surface area contributed by atoms with E-state index in [1.165, 1.54) is 5.69 Å². The number of anilines is 1. The van der Waals surface area contributed by atoms with Crippen molar-refractivity contribution in [1.29, 1.82) is 0 Å². The summed E-state index contributed by atoms with van der Waals surface area (Å²) in [5, 5.41) is 0. The second-order valence-electron chi connectivity index (χ2n) is 6.44.